The maximum Gasteiger partial charge on any atom is 0.418 e. The zero-order chi connectivity index (χ0) is 14.5. The van der Waals surface area contributed by atoms with Crippen LogP contribution in [0.25, 0.3) is 0 Å². The molecule has 20 heavy (non-hydrogen) atoms. The number of aromatic nitrogens is 2. The molecule has 1 aromatic rings. The third-order valence-electron chi connectivity index (χ3n) is 3.25. The van der Waals surface area contributed by atoms with Crippen LogP contribution in [0.15, 0.2) is 4.52 Å². The molecular weight excluding hydrogens is 294 g/mol. The highest BCUT2D eigenvalue weighted by atomic mass is 32.3. The fraction of sp³-hybridized carbons (Fsp3) is 0.625. The number of rotatable bonds is 3. The van der Waals surface area contributed by atoms with E-state index in [9.17, 15) is 13.2 Å². The Hall–Kier alpha value is -1.92. The molecule has 2 fully saturated rings. The molecule has 0 saturated carbocycles. The van der Waals surface area contributed by atoms with Crippen molar-refractivity contribution in [1.82, 2.24) is 20.1 Å². The Labute approximate surface area is 113 Å². The van der Waals surface area contributed by atoms with Crippen LogP contribution >= 0.6 is 0 Å². The summed E-state index contributed by atoms with van der Waals surface area (Å²) < 4.78 is 39.1. The van der Waals surface area contributed by atoms with E-state index in [2.05, 4.69) is 18.9 Å². The molecule has 2 amide bonds. The third kappa shape index (κ3) is 2.17. The van der Waals surface area contributed by atoms with Crippen molar-refractivity contribution in [2.24, 2.45) is 0 Å². The smallest absolute Gasteiger partial charge is 0.351 e. The standard InChI is InChI=1S/C8H11N5O6S/c9-7-10-6(11-18-7)5-2-1-4-3-12(5)8(14)13(4)19-20(15,16)17/h4-5H,1-3H2,(H2,9,10,11)(H,15,16,17). The molecular formula is C8H11N5O6S. The summed E-state index contributed by atoms with van der Waals surface area (Å²) in [6.07, 6.45) is 0.970. The van der Waals surface area contributed by atoms with Gasteiger partial charge in [-0.3, -0.25) is 4.55 Å². The largest absolute Gasteiger partial charge is 0.418 e. The number of fused-ring (bicyclic) bond motifs is 2. The first-order valence-electron chi connectivity index (χ1n) is 5.71. The van der Waals surface area contributed by atoms with Gasteiger partial charge in [0.05, 0.1) is 12.1 Å². The lowest BCUT2D eigenvalue weighted by Crippen LogP contribution is -2.35. The molecule has 2 unspecified atom stereocenters. The average molecular weight is 305 g/mol. The van der Waals surface area contributed by atoms with Crippen LogP contribution in [-0.4, -0.2) is 51.7 Å². The Balaban J connectivity index is 1.84. The fourth-order valence-electron chi connectivity index (χ4n) is 2.48. The fourth-order valence-corrected chi connectivity index (χ4v) is 2.87. The number of hydrogen-bond acceptors (Lipinski definition) is 8. The van der Waals surface area contributed by atoms with E-state index in [1.165, 1.54) is 4.90 Å². The molecule has 0 spiro atoms. The van der Waals surface area contributed by atoms with Gasteiger partial charge in [-0.1, -0.05) is 5.16 Å². The van der Waals surface area contributed by atoms with E-state index in [4.69, 9.17) is 10.3 Å². The number of carbonyl (C=O) groups excluding carboxylic acids is 1. The topological polar surface area (TPSA) is 152 Å². The van der Waals surface area contributed by atoms with Crippen molar-refractivity contribution in [1.29, 1.82) is 0 Å². The molecule has 1 aromatic heterocycles. The van der Waals surface area contributed by atoms with Gasteiger partial charge in [0.1, 0.15) is 0 Å². The summed E-state index contributed by atoms with van der Waals surface area (Å²) in [6.45, 7) is 0.244. The average Bonchev–Trinajstić information content (AvgIpc) is 2.88. The Bertz CT molecular complexity index is 644. The number of nitrogens with two attached hydrogens (primary N) is 1. The number of nitrogen functional groups attached to an aromatic ring is 1. The zero-order valence-corrected chi connectivity index (χ0v) is 10.9. The highest BCUT2D eigenvalue weighted by Gasteiger charge is 2.48. The van der Waals surface area contributed by atoms with Crippen molar-refractivity contribution in [3.8, 4) is 0 Å². The highest BCUT2D eigenvalue weighted by Crippen LogP contribution is 2.37. The minimum atomic E-state index is -4.75. The van der Waals surface area contributed by atoms with Crippen molar-refractivity contribution < 1.29 is 26.6 Å². The van der Waals surface area contributed by atoms with Crippen LogP contribution in [0, 0.1) is 0 Å². The van der Waals surface area contributed by atoms with Gasteiger partial charge >= 0.3 is 22.4 Å². The Morgan fingerprint density at radius 3 is 2.80 bits per heavy atom. The van der Waals surface area contributed by atoms with E-state index in [1.54, 1.807) is 0 Å². The number of piperidine rings is 1. The van der Waals surface area contributed by atoms with Crippen LogP contribution in [0.5, 0.6) is 0 Å². The summed E-state index contributed by atoms with van der Waals surface area (Å²) in [7, 11) is -4.75. The van der Waals surface area contributed by atoms with Crippen molar-refractivity contribution in [3.05, 3.63) is 5.82 Å². The summed E-state index contributed by atoms with van der Waals surface area (Å²) >= 11 is 0. The quantitative estimate of drug-likeness (QED) is 0.692. The van der Waals surface area contributed by atoms with Gasteiger partial charge in [0.25, 0.3) is 0 Å². The van der Waals surface area contributed by atoms with Gasteiger partial charge in [-0.05, 0) is 12.8 Å². The SMILES string of the molecule is Nc1nc(C2CCC3CN2C(=O)N3OS(=O)(=O)O)no1. The Kier molecular flexibility index (Phi) is 2.81. The predicted octanol–water partition coefficient (Wildman–Crippen LogP) is -0.673. The van der Waals surface area contributed by atoms with E-state index >= 15 is 0 Å². The molecule has 2 bridgehead atoms. The van der Waals surface area contributed by atoms with E-state index in [-0.39, 0.29) is 18.4 Å². The summed E-state index contributed by atoms with van der Waals surface area (Å²) in [4.78, 5) is 17.3. The lowest BCUT2D eigenvalue weighted by atomic mass is 10.0. The van der Waals surface area contributed by atoms with E-state index < -0.39 is 28.5 Å². The van der Waals surface area contributed by atoms with Gasteiger partial charge in [0, 0.05) is 6.54 Å². The number of urea groups is 1. The first-order chi connectivity index (χ1) is 9.35. The van der Waals surface area contributed by atoms with Gasteiger partial charge in [-0.15, -0.1) is 4.28 Å². The molecule has 2 saturated heterocycles. The maximum atomic E-state index is 12.1. The summed E-state index contributed by atoms with van der Waals surface area (Å²) in [5, 5.41) is 4.31. The van der Waals surface area contributed by atoms with Crippen molar-refractivity contribution in [2.45, 2.75) is 24.9 Å². The molecule has 11 nitrogen and oxygen atoms in total. The summed E-state index contributed by atoms with van der Waals surface area (Å²) in [5.74, 6) is 0.253. The monoisotopic (exact) mass is 305 g/mol. The zero-order valence-electron chi connectivity index (χ0n) is 10.0. The number of hydroxylamine groups is 2. The molecule has 12 heteroatoms. The molecule has 3 heterocycles. The molecule has 0 radical (unpaired) electrons. The van der Waals surface area contributed by atoms with E-state index in [1.807, 2.05) is 0 Å². The molecule has 2 aliphatic rings. The Morgan fingerprint density at radius 2 is 2.20 bits per heavy atom. The van der Waals surface area contributed by atoms with Crippen LogP contribution in [-0.2, 0) is 14.7 Å². The van der Waals surface area contributed by atoms with Crippen LogP contribution in [0.2, 0.25) is 0 Å². The summed E-state index contributed by atoms with van der Waals surface area (Å²) in [5.41, 5.74) is 5.34. The third-order valence-corrected chi connectivity index (χ3v) is 3.60. The van der Waals surface area contributed by atoms with Gasteiger partial charge in [-0.2, -0.15) is 18.5 Å². The molecule has 3 N–H and O–H groups in total. The second-order valence-electron chi connectivity index (χ2n) is 4.50. The molecule has 0 aromatic carbocycles. The lowest BCUT2D eigenvalue weighted by molar-refractivity contribution is -0.0317. The normalized spacial score (nSPS) is 26.4. The van der Waals surface area contributed by atoms with Crippen molar-refractivity contribution in [3.63, 3.8) is 0 Å². The molecule has 2 atom stereocenters. The minimum Gasteiger partial charge on any atom is -0.351 e. The van der Waals surface area contributed by atoms with Crippen LogP contribution in [0.1, 0.15) is 24.7 Å². The Morgan fingerprint density at radius 1 is 1.45 bits per heavy atom. The van der Waals surface area contributed by atoms with Crippen LogP contribution in [0.4, 0.5) is 10.8 Å². The van der Waals surface area contributed by atoms with Gasteiger partial charge in [0.2, 0.25) is 0 Å². The summed E-state index contributed by atoms with van der Waals surface area (Å²) in [6, 6.07) is -1.71. The number of anilines is 1. The number of hydrogen-bond donors (Lipinski definition) is 2. The van der Waals surface area contributed by atoms with Crippen LogP contribution in [0.3, 0.4) is 0 Å². The lowest BCUT2D eigenvalue weighted by Gasteiger charge is -2.27. The van der Waals surface area contributed by atoms with E-state index in [0.29, 0.717) is 17.9 Å². The van der Waals surface area contributed by atoms with Crippen molar-refractivity contribution in [2.75, 3.05) is 12.3 Å². The van der Waals surface area contributed by atoms with Gasteiger partial charge in [0.15, 0.2) is 5.82 Å². The molecule has 3 rings (SSSR count). The van der Waals surface area contributed by atoms with Gasteiger partial charge in [-0.25, -0.2) is 4.79 Å². The number of carbonyl (C=O) groups is 1. The van der Waals surface area contributed by atoms with Crippen LogP contribution < -0.4 is 5.73 Å². The van der Waals surface area contributed by atoms with E-state index in [0.717, 1.165) is 0 Å². The predicted molar refractivity (Wildman–Crippen MR) is 61.0 cm³/mol. The highest BCUT2D eigenvalue weighted by molar-refractivity contribution is 7.80. The first-order valence-corrected chi connectivity index (χ1v) is 7.07. The maximum absolute atomic E-state index is 12.1. The minimum absolute atomic E-state index is 0.111. The second-order valence-corrected chi connectivity index (χ2v) is 5.51. The molecule has 0 aliphatic carbocycles. The molecule has 2 aliphatic heterocycles. The van der Waals surface area contributed by atoms with Crippen molar-refractivity contribution >= 4 is 22.4 Å². The number of nitrogens with zero attached hydrogens (tertiary/aromatic N) is 4. The molecule has 110 valence electrons. The number of amides is 2. The first kappa shape index (κ1) is 13.1. The second kappa shape index (κ2) is 4.29. The van der Waals surface area contributed by atoms with Gasteiger partial charge < -0.3 is 15.2 Å².